The first-order valence-electron chi connectivity index (χ1n) is 7.86. The van der Waals surface area contributed by atoms with Gasteiger partial charge >= 0.3 is 0 Å². The van der Waals surface area contributed by atoms with Crippen LogP contribution in [0.3, 0.4) is 0 Å². The van der Waals surface area contributed by atoms with Crippen molar-refractivity contribution in [1.82, 2.24) is 9.88 Å². The van der Waals surface area contributed by atoms with Crippen LogP contribution in [0.2, 0.25) is 5.02 Å². The van der Waals surface area contributed by atoms with Gasteiger partial charge in [0.1, 0.15) is 23.1 Å². The molecule has 0 fully saturated rings. The lowest BCUT2D eigenvalue weighted by atomic mass is 10.1. The molecule has 25 heavy (non-hydrogen) atoms. The second-order valence-electron chi connectivity index (χ2n) is 5.71. The van der Waals surface area contributed by atoms with Gasteiger partial charge in [0.05, 0.1) is 0 Å². The summed E-state index contributed by atoms with van der Waals surface area (Å²) in [5, 5.41) is 5.36. The molecule has 4 rings (SSSR count). The summed E-state index contributed by atoms with van der Waals surface area (Å²) in [6.45, 7) is 1.76. The van der Waals surface area contributed by atoms with E-state index in [1.54, 1.807) is 23.5 Å². The zero-order chi connectivity index (χ0) is 17.2. The molecule has 128 valence electrons. The maximum atomic E-state index is 12.7. The molecule has 2 aromatic heterocycles. The Balaban J connectivity index is 1.39. The van der Waals surface area contributed by atoms with Crippen LogP contribution < -0.4 is 4.74 Å². The van der Waals surface area contributed by atoms with Crippen LogP contribution in [0.5, 0.6) is 5.75 Å². The summed E-state index contributed by atoms with van der Waals surface area (Å²) in [5.74, 6) is 0.722. The van der Waals surface area contributed by atoms with E-state index < -0.39 is 0 Å². The second-order valence-corrected chi connectivity index (χ2v) is 8.09. The monoisotopic (exact) mass is 390 g/mol. The summed E-state index contributed by atoms with van der Waals surface area (Å²) in [4.78, 5) is 20.4. The Morgan fingerprint density at radius 1 is 1.24 bits per heavy atom. The van der Waals surface area contributed by atoms with Gasteiger partial charge in [0.25, 0.3) is 5.91 Å². The SMILES string of the molecule is O=C(c1csc(COc2ccc(Cl)cc2)n1)N1CCc2sccc2C1. The van der Waals surface area contributed by atoms with Crippen LogP contribution in [-0.2, 0) is 19.6 Å². The number of hydrogen-bond acceptors (Lipinski definition) is 5. The smallest absolute Gasteiger partial charge is 0.273 e. The molecule has 1 aliphatic heterocycles. The number of rotatable bonds is 4. The van der Waals surface area contributed by atoms with Crippen LogP contribution in [0.15, 0.2) is 41.1 Å². The van der Waals surface area contributed by atoms with E-state index in [0.717, 1.165) is 23.7 Å². The van der Waals surface area contributed by atoms with Crippen LogP contribution in [0, 0.1) is 0 Å². The molecule has 0 saturated heterocycles. The topological polar surface area (TPSA) is 42.4 Å². The molecule has 0 radical (unpaired) electrons. The predicted molar refractivity (Wildman–Crippen MR) is 101 cm³/mol. The van der Waals surface area contributed by atoms with Gasteiger partial charge < -0.3 is 9.64 Å². The molecular formula is C18H15ClN2O2S2. The molecule has 4 nitrogen and oxygen atoms in total. The maximum Gasteiger partial charge on any atom is 0.273 e. The summed E-state index contributed by atoms with van der Waals surface area (Å²) in [6.07, 6.45) is 0.926. The summed E-state index contributed by atoms with van der Waals surface area (Å²) >= 11 is 9.07. The molecule has 0 spiro atoms. The third-order valence-corrected chi connectivity index (χ3v) is 6.14. The van der Waals surface area contributed by atoms with Crippen molar-refractivity contribution in [2.45, 2.75) is 19.6 Å². The van der Waals surface area contributed by atoms with Crippen LogP contribution in [-0.4, -0.2) is 22.3 Å². The van der Waals surface area contributed by atoms with Crippen LogP contribution in [0.1, 0.15) is 25.9 Å². The Hall–Kier alpha value is -1.89. The normalized spacial score (nSPS) is 13.6. The highest BCUT2D eigenvalue weighted by molar-refractivity contribution is 7.10. The lowest BCUT2D eigenvalue weighted by Gasteiger charge is -2.26. The summed E-state index contributed by atoms with van der Waals surface area (Å²) in [7, 11) is 0. The van der Waals surface area contributed by atoms with Crippen molar-refractivity contribution in [3.05, 3.63) is 67.3 Å². The van der Waals surface area contributed by atoms with Crippen molar-refractivity contribution in [2.24, 2.45) is 0 Å². The summed E-state index contributed by atoms with van der Waals surface area (Å²) < 4.78 is 5.69. The number of amides is 1. The van der Waals surface area contributed by atoms with Crippen molar-refractivity contribution in [2.75, 3.05) is 6.54 Å². The molecular weight excluding hydrogens is 376 g/mol. The number of fused-ring (bicyclic) bond motifs is 1. The zero-order valence-corrected chi connectivity index (χ0v) is 15.7. The van der Waals surface area contributed by atoms with Gasteiger partial charge in [-0.05, 0) is 47.7 Å². The Morgan fingerprint density at radius 2 is 2.08 bits per heavy atom. The summed E-state index contributed by atoms with van der Waals surface area (Å²) in [5.41, 5.74) is 1.75. The van der Waals surface area contributed by atoms with Gasteiger partial charge in [0.2, 0.25) is 0 Å². The minimum atomic E-state index is -0.00848. The van der Waals surface area contributed by atoms with E-state index in [0.29, 0.717) is 23.9 Å². The third kappa shape index (κ3) is 3.71. The number of thiophene rings is 1. The zero-order valence-electron chi connectivity index (χ0n) is 13.3. The molecule has 0 bridgehead atoms. The summed E-state index contributed by atoms with van der Waals surface area (Å²) in [6, 6.07) is 9.29. The van der Waals surface area contributed by atoms with Gasteiger partial charge in [-0.1, -0.05) is 11.6 Å². The number of nitrogens with zero attached hydrogens (tertiary/aromatic N) is 2. The second kappa shape index (κ2) is 7.15. The quantitative estimate of drug-likeness (QED) is 0.652. The minimum Gasteiger partial charge on any atom is -0.486 e. The number of benzene rings is 1. The largest absolute Gasteiger partial charge is 0.486 e. The molecule has 7 heteroatoms. The first-order valence-corrected chi connectivity index (χ1v) is 10.00. The molecule has 0 atom stereocenters. The fourth-order valence-electron chi connectivity index (χ4n) is 2.74. The number of carbonyl (C=O) groups is 1. The van der Waals surface area contributed by atoms with Crippen LogP contribution >= 0.6 is 34.3 Å². The molecule has 1 amide bonds. The fraction of sp³-hybridized carbons (Fsp3) is 0.222. The van der Waals surface area contributed by atoms with Crippen molar-refractivity contribution in [3.8, 4) is 5.75 Å². The van der Waals surface area contributed by atoms with Gasteiger partial charge in [0, 0.05) is 28.4 Å². The Bertz CT molecular complexity index is 889. The standard InChI is InChI=1S/C18H15ClN2O2S2/c19-13-1-3-14(4-2-13)23-10-17-20-15(11-25-17)18(22)21-7-5-16-12(9-21)6-8-24-16/h1-4,6,8,11H,5,7,9-10H2. The van der Waals surface area contributed by atoms with Crippen molar-refractivity contribution < 1.29 is 9.53 Å². The Morgan fingerprint density at radius 3 is 2.92 bits per heavy atom. The van der Waals surface area contributed by atoms with Gasteiger partial charge in [-0.3, -0.25) is 4.79 Å². The predicted octanol–water partition coefficient (Wildman–Crippen LogP) is 4.64. The molecule has 3 aromatic rings. The fourth-order valence-corrected chi connectivity index (χ4v) is 4.43. The first-order chi connectivity index (χ1) is 12.2. The molecule has 1 aliphatic rings. The highest BCUT2D eigenvalue weighted by Gasteiger charge is 2.24. The van der Waals surface area contributed by atoms with Crippen LogP contribution in [0.25, 0.3) is 0 Å². The lowest BCUT2D eigenvalue weighted by molar-refractivity contribution is 0.0730. The third-order valence-electron chi connectivity index (χ3n) is 4.04. The van der Waals surface area contributed by atoms with Gasteiger partial charge in [0.15, 0.2) is 0 Å². The van der Waals surface area contributed by atoms with E-state index in [2.05, 4.69) is 16.4 Å². The van der Waals surface area contributed by atoms with E-state index in [4.69, 9.17) is 16.3 Å². The number of ether oxygens (including phenoxy) is 1. The van der Waals surface area contributed by atoms with E-state index in [1.807, 2.05) is 22.4 Å². The number of hydrogen-bond donors (Lipinski definition) is 0. The van der Waals surface area contributed by atoms with Crippen molar-refractivity contribution >= 4 is 40.2 Å². The first kappa shape index (κ1) is 16.6. The number of aromatic nitrogens is 1. The average molecular weight is 391 g/mol. The van der Waals surface area contributed by atoms with Crippen molar-refractivity contribution in [3.63, 3.8) is 0 Å². The van der Waals surface area contributed by atoms with Crippen LogP contribution in [0.4, 0.5) is 0 Å². The maximum absolute atomic E-state index is 12.7. The molecule has 0 saturated carbocycles. The van der Waals surface area contributed by atoms with Crippen molar-refractivity contribution in [1.29, 1.82) is 0 Å². The highest BCUT2D eigenvalue weighted by atomic mass is 35.5. The van der Waals surface area contributed by atoms with E-state index in [9.17, 15) is 4.79 Å². The van der Waals surface area contributed by atoms with Gasteiger partial charge in [-0.15, -0.1) is 22.7 Å². The van der Waals surface area contributed by atoms with Gasteiger partial charge in [-0.25, -0.2) is 4.98 Å². The Labute approximate surface area is 158 Å². The van der Waals surface area contributed by atoms with E-state index in [-0.39, 0.29) is 5.91 Å². The Kier molecular flexibility index (Phi) is 4.74. The van der Waals surface area contributed by atoms with Gasteiger partial charge in [-0.2, -0.15) is 0 Å². The number of thiazole rings is 1. The molecule has 0 aliphatic carbocycles. The number of carbonyl (C=O) groups excluding carboxylic acids is 1. The molecule has 0 N–H and O–H groups in total. The molecule has 3 heterocycles. The van der Waals surface area contributed by atoms with E-state index >= 15 is 0 Å². The lowest BCUT2D eigenvalue weighted by Crippen LogP contribution is -2.35. The molecule has 1 aromatic carbocycles. The molecule has 0 unspecified atom stereocenters. The highest BCUT2D eigenvalue weighted by Crippen LogP contribution is 2.25. The minimum absolute atomic E-state index is 0.00848. The average Bonchev–Trinajstić information content (AvgIpc) is 3.29. The van der Waals surface area contributed by atoms with E-state index in [1.165, 1.54) is 21.8 Å². The number of halogens is 1.